The summed E-state index contributed by atoms with van der Waals surface area (Å²) in [6.45, 7) is 6.62. The Bertz CT molecular complexity index is 503. The smallest absolute Gasteiger partial charge is 0.237 e. The van der Waals surface area contributed by atoms with Crippen LogP contribution in [0.3, 0.4) is 0 Å². The van der Waals surface area contributed by atoms with Crippen LogP contribution in [0.25, 0.3) is 0 Å². The molecule has 4 heteroatoms. The van der Waals surface area contributed by atoms with Crippen LogP contribution in [-0.2, 0) is 10.2 Å². The predicted molar refractivity (Wildman–Crippen MR) is 85.5 cm³/mol. The summed E-state index contributed by atoms with van der Waals surface area (Å²) in [7, 11) is 0. The first-order valence-electron chi connectivity index (χ1n) is 7.05. The van der Waals surface area contributed by atoms with Crippen molar-refractivity contribution >= 4 is 21.8 Å². The van der Waals surface area contributed by atoms with E-state index in [2.05, 4.69) is 33.4 Å². The van der Waals surface area contributed by atoms with Crippen LogP contribution in [0.4, 0.5) is 0 Å². The van der Waals surface area contributed by atoms with Gasteiger partial charge in [-0.3, -0.25) is 4.79 Å². The van der Waals surface area contributed by atoms with Gasteiger partial charge in [-0.1, -0.05) is 54.9 Å². The van der Waals surface area contributed by atoms with Crippen LogP contribution in [0.1, 0.15) is 39.2 Å². The summed E-state index contributed by atoms with van der Waals surface area (Å²) in [6, 6.07) is 7.77. The molecule has 1 saturated carbocycles. The summed E-state index contributed by atoms with van der Waals surface area (Å²) in [5, 5.41) is 3.03. The second-order valence-electron chi connectivity index (χ2n) is 6.82. The lowest BCUT2D eigenvalue weighted by molar-refractivity contribution is -0.124. The summed E-state index contributed by atoms with van der Waals surface area (Å²) in [4.78, 5) is 12.1. The quantitative estimate of drug-likeness (QED) is 0.886. The maximum absolute atomic E-state index is 12.1. The molecule has 0 bridgehead atoms. The van der Waals surface area contributed by atoms with E-state index in [1.165, 1.54) is 5.56 Å². The fraction of sp³-hybridized carbons (Fsp3) is 0.562. The molecule has 1 aliphatic carbocycles. The third-order valence-corrected chi connectivity index (χ3v) is 4.81. The SMILES string of the molecule is CC(C)(C)[C@H](N)C(=O)NCC1(c2ccccc2Br)CC1. The van der Waals surface area contributed by atoms with Gasteiger partial charge in [0.15, 0.2) is 0 Å². The molecule has 0 radical (unpaired) electrons. The van der Waals surface area contributed by atoms with E-state index >= 15 is 0 Å². The number of carbonyl (C=O) groups excluding carboxylic acids is 1. The molecule has 1 fully saturated rings. The molecule has 0 heterocycles. The van der Waals surface area contributed by atoms with Gasteiger partial charge in [-0.2, -0.15) is 0 Å². The Labute approximate surface area is 129 Å². The van der Waals surface area contributed by atoms with Crippen LogP contribution in [-0.4, -0.2) is 18.5 Å². The summed E-state index contributed by atoms with van der Waals surface area (Å²) in [5.74, 6) is -0.0594. The van der Waals surface area contributed by atoms with Crippen LogP contribution in [0.5, 0.6) is 0 Å². The van der Waals surface area contributed by atoms with Crippen molar-refractivity contribution in [3.05, 3.63) is 34.3 Å². The molecule has 0 aromatic heterocycles. The van der Waals surface area contributed by atoms with E-state index in [0.29, 0.717) is 6.54 Å². The number of carbonyl (C=O) groups is 1. The second-order valence-corrected chi connectivity index (χ2v) is 7.68. The number of rotatable bonds is 4. The molecule has 3 nitrogen and oxygen atoms in total. The van der Waals surface area contributed by atoms with Crippen LogP contribution in [0, 0.1) is 5.41 Å². The fourth-order valence-electron chi connectivity index (χ4n) is 2.34. The lowest BCUT2D eigenvalue weighted by atomic mass is 9.86. The normalized spacial score (nSPS) is 18.4. The molecule has 20 heavy (non-hydrogen) atoms. The molecule has 1 amide bonds. The van der Waals surface area contributed by atoms with Gasteiger partial charge in [0.05, 0.1) is 6.04 Å². The predicted octanol–water partition coefficient (Wildman–Crippen LogP) is 2.97. The van der Waals surface area contributed by atoms with Gasteiger partial charge in [0.2, 0.25) is 5.91 Å². The highest BCUT2D eigenvalue weighted by Gasteiger charge is 2.45. The highest BCUT2D eigenvalue weighted by atomic mass is 79.9. The maximum atomic E-state index is 12.1. The largest absolute Gasteiger partial charge is 0.354 e. The average Bonchev–Trinajstić information content (AvgIpc) is 3.15. The summed E-state index contributed by atoms with van der Waals surface area (Å²) in [5.41, 5.74) is 7.15. The van der Waals surface area contributed by atoms with Crippen LogP contribution in [0.15, 0.2) is 28.7 Å². The number of amides is 1. The maximum Gasteiger partial charge on any atom is 0.237 e. The van der Waals surface area contributed by atoms with Crippen molar-refractivity contribution in [3.63, 3.8) is 0 Å². The molecule has 2 rings (SSSR count). The molecule has 0 aliphatic heterocycles. The topological polar surface area (TPSA) is 55.1 Å². The molecule has 1 aliphatic rings. The van der Waals surface area contributed by atoms with Crippen LogP contribution in [0.2, 0.25) is 0 Å². The van der Waals surface area contributed by atoms with Gasteiger partial charge in [0, 0.05) is 16.4 Å². The molecule has 0 saturated heterocycles. The molecule has 3 N–H and O–H groups in total. The van der Waals surface area contributed by atoms with Gasteiger partial charge in [-0.05, 0) is 29.9 Å². The number of halogens is 1. The van der Waals surface area contributed by atoms with Crippen molar-refractivity contribution in [2.75, 3.05) is 6.54 Å². The Kier molecular flexibility index (Phi) is 4.26. The molecule has 1 atom stereocenters. The monoisotopic (exact) mass is 338 g/mol. The summed E-state index contributed by atoms with van der Waals surface area (Å²) < 4.78 is 1.12. The lowest BCUT2D eigenvalue weighted by Gasteiger charge is -2.27. The second kappa shape index (κ2) is 5.49. The van der Waals surface area contributed by atoms with E-state index in [-0.39, 0.29) is 16.7 Å². The van der Waals surface area contributed by atoms with Gasteiger partial charge in [-0.15, -0.1) is 0 Å². The van der Waals surface area contributed by atoms with E-state index in [0.717, 1.165) is 17.3 Å². The fourth-order valence-corrected chi connectivity index (χ4v) is 3.05. The molecule has 0 unspecified atom stereocenters. The van der Waals surface area contributed by atoms with E-state index in [1.807, 2.05) is 32.9 Å². The highest BCUT2D eigenvalue weighted by molar-refractivity contribution is 9.10. The minimum atomic E-state index is -0.475. The molecule has 1 aromatic rings. The van der Waals surface area contributed by atoms with Gasteiger partial charge in [0.25, 0.3) is 0 Å². The minimum Gasteiger partial charge on any atom is -0.354 e. The Morgan fingerprint density at radius 3 is 2.50 bits per heavy atom. The zero-order valence-electron chi connectivity index (χ0n) is 12.4. The number of hydrogen-bond donors (Lipinski definition) is 2. The van der Waals surface area contributed by atoms with E-state index in [9.17, 15) is 4.79 Å². The van der Waals surface area contributed by atoms with E-state index in [1.54, 1.807) is 0 Å². The van der Waals surface area contributed by atoms with Crippen LogP contribution < -0.4 is 11.1 Å². The molecule has 110 valence electrons. The number of hydrogen-bond acceptors (Lipinski definition) is 2. The van der Waals surface area contributed by atoms with Gasteiger partial charge in [-0.25, -0.2) is 0 Å². The molecular formula is C16H23BrN2O. The Morgan fingerprint density at radius 2 is 2.00 bits per heavy atom. The first-order valence-corrected chi connectivity index (χ1v) is 7.84. The standard InChI is InChI=1S/C16H23BrN2O/c1-15(2,3)13(18)14(20)19-10-16(8-9-16)11-6-4-5-7-12(11)17/h4-7,13H,8-10,18H2,1-3H3,(H,19,20)/t13-/m1/s1. The summed E-state index contributed by atoms with van der Waals surface area (Å²) >= 11 is 3.60. The molecular weight excluding hydrogens is 316 g/mol. The molecule has 0 spiro atoms. The number of nitrogens with two attached hydrogens (primary N) is 1. The number of benzene rings is 1. The van der Waals surface area contributed by atoms with E-state index in [4.69, 9.17) is 5.73 Å². The van der Waals surface area contributed by atoms with Crippen LogP contribution >= 0.6 is 15.9 Å². The zero-order valence-corrected chi connectivity index (χ0v) is 14.0. The Balaban J connectivity index is 2.01. The Hall–Kier alpha value is -0.870. The highest BCUT2D eigenvalue weighted by Crippen LogP contribution is 2.49. The van der Waals surface area contributed by atoms with Crippen molar-refractivity contribution in [3.8, 4) is 0 Å². The van der Waals surface area contributed by atoms with Crippen molar-refractivity contribution in [2.24, 2.45) is 11.1 Å². The van der Waals surface area contributed by atoms with E-state index < -0.39 is 6.04 Å². The lowest BCUT2D eigenvalue weighted by Crippen LogP contribution is -2.50. The first-order chi connectivity index (χ1) is 9.26. The van der Waals surface area contributed by atoms with Crippen molar-refractivity contribution in [1.82, 2.24) is 5.32 Å². The van der Waals surface area contributed by atoms with Gasteiger partial charge < -0.3 is 11.1 Å². The average molecular weight is 339 g/mol. The number of nitrogens with one attached hydrogen (secondary N) is 1. The molecule has 1 aromatic carbocycles. The third-order valence-electron chi connectivity index (χ3n) is 4.12. The minimum absolute atomic E-state index is 0.0594. The van der Waals surface area contributed by atoms with Crippen molar-refractivity contribution < 1.29 is 4.79 Å². The first kappa shape index (κ1) is 15.5. The Morgan fingerprint density at radius 1 is 1.40 bits per heavy atom. The van der Waals surface area contributed by atoms with Gasteiger partial charge >= 0.3 is 0 Å². The van der Waals surface area contributed by atoms with Crippen molar-refractivity contribution in [1.29, 1.82) is 0 Å². The van der Waals surface area contributed by atoms with Crippen molar-refractivity contribution in [2.45, 2.75) is 45.1 Å². The zero-order chi connectivity index (χ0) is 15.0. The van der Waals surface area contributed by atoms with Gasteiger partial charge in [0.1, 0.15) is 0 Å². The summed E-state index contributed by atoms with van der Waals surface area (Å²) in [6.07, 6.45) is 2.22. The third kappa shape index (κ3) is 3.23.